The molecular formula is C23H27N3O3S. The Balaban J connectivity index is 1.93. The smallest absolute Gasteiger partial charge is 0.252 e. The minimum absolute atomic E-state index is 0.175. The molecule has 3 aromatic rings. The molecule has 1 aromatic heterocycles. The summed E-state index contributed by atoms with van der Waals surface area (Å²) in [5, 5.41) is 3.60. The fraction of sp³-hybridized carbons (Fsp3) is 0.304. The van der Waals surface area contributed by atoms with Gasteiger partial charge in [-0.2, -0.15) is 0 Å². The van der Waals surface area contributed by atoms with Gasteiger partial charge in [-0.25, -0.2) is 4.98 Å². The number of thioether (sulfide) groups is 1. The highest BCUT2D eigenvalue weighted by molar-refractivity contribution is 7.99. The summed E-state index contributed by atoms with van der Waals surface area (Å²) in [4.78, 5) is 18.7. The van der Waals surface area contributed by atoms with E-state index in [1.54, 1.807) is 38.2 Å². The van der Waals surface area contributed by atoms with E-state index in [-0.39, 0.29) is 5.91 Å². The van der Waals surface area contributed by atoms with Crippen molar-refractivity contribution in [3.8, 4) is 11.5 Å². The fourth-order valence-corrected chi connectivity index (χ4v) is 3.96. The molecule has 0 aliphatic rings. The molecule has 1 N–H and O–H groups in total. The van der Waals surface area contributed by atoms with Gasteiger partial charge in [-0.3, -0.25) is 4.79 Å². The topological polar surface area (TPSA) is 65.4 Å². The lowest BCUT2D eigenvalue weighted by Crippen LogP contribution is -2.31. The van der Waals surface area contributed by atoms with Gasteiger partial charge in [0.25, 0.3) is 5.91 Å². The molecule has 6 nitrogen and oxygen atoms in total. The summed E-state index contributed by atoms with van der Waals surface area (Å²) in [5.74, 6) is 1.83. The van der Waals surface area contributed by atoms with E-state index in [1.165, 1.54) is 0 Å². The average molecular weight is 426 g/mol. The number of hydrogen-bond acceptors (Lipinski definition) is 5. The van der Waals surface area contributed by atoms with Crippen molar-refractivity contribution in [2.24, 2.45) is 7.05 Å². The molecule has 3 rings (SSSR count). The minimum Gasteiger partial charge on any atom is -0.497 e. The molecular weight excluding hydrogens is 398 g/mol. The number of imidazole rings is 1. The molecule has 158 valence electrons. The molecule has 0 fully saturated rings. The van der Waals surface area contributed by atoms with Crippen LogP contribution in [-0.2, 0) is 7.05 Å². The van der Waals surface area contributed by atoms with Gasteiger partial charge in [0.05, 0.1) is 14.2 Å². The number of nitrogens with one attached hydrogen (secondary N) is 1. The summed E-state index contributed by atoms with van der Waals surface area (Å²) in [7, 11) is 5.10. The predicted molar refractivity (Wildman–Crippen MR) is 119 cm³/mol. The van der Waals surface area contributed by atoms with Crippen molar-refractivity contribution in [1.82, 2.24) is 14.9 Å². The van der Waals surface area contributed by atoms with Crippen molar-refractivity contribution < 1.29 is 14.3 Å². The van der Waals surface area contributed by atoms with Crippen LogP contribution in [0.5, 0.6) is 11.5 Å². The lowest BCUT2D eigenvalue weighted by molar-refractivity contribution is 0.0941. The maximum absolute atomic E-state index is 13.1. The van der Waals surface area contributed by atoms with Crippen molar-refractivity contribution in [3.63, 3.8) is 0 Å². The molecule has 0 aliphatic carbocycles. The third-order valence-electron chi connectivity index (χ3n) is 4.59. The number of carbonyl (C=O) groups is 1. The maximum Gasteiger partial charge on any atom is 0.252 e. The lowest BCUT2D eigenvalue weighted by atomic mass is 10.0. The van der Waals surface area contributed by atoms with Gasteiger partial charge < -0.3 is 19.4 Å². The Morgan fingerprint density at radius 1 is 1.07 bits per heavy atom. The zero-order chi connectivity index (χ0) is 21.7. The summed E-state index contributed by atoms with van der Waals surface area (Å²) < 4.78 is 12.7. The molecule has 1 unspecified atom stereocenters. The number of carbonyl (C=O) groups excluding carboxylic acids is 1. The Labute approximate surface area is 181 Å². The second-order valence-electron chi connectivity index (χ2n) is 7.14. The van der Waals surface area contributed by atoms with Crippen molar-refractivity contribution in [2.75, 3.05) is 14.2 Å². The molecule has 30 heavy (non-hydrogen) atoms. The average Bonchev–Trinajstić information content (AvgIpc) is 3.17. The van der Waals surface area contributed by atoms with E-state index in [4.69, 9.17) is 9.47 Å². The van der Waals surface area contributed by atoms with Crippen LogP contribution >= 0.6 is 11.8 Å². The molecule has 0 saturated carbocycles. The highest BCUT2D eigenvalue weighted by Gasteiger charge is 2.23. The largest absolute Gasteiger partial charge is 0.497 e. The van der Waals surface area contributed by atoms with E-state index >= 15 is 0 Å². The quantitative estimate of drug-likeness (QED) is 0.540. The molecule has 1 atom stereocenters. The van der Waals surface area contributed by atoms with Crippen LogP contribution in [0.4, 0.5) is 0 Å². The zero-order valence-electron chi connectivity index (χ0n) is 17.9. The van der Waals surface area contributed by atoms with Gasteiger partial charge in [-0.05, 0) is 42.0 Å². The molecule has 0 spiro atoms. The van der Waals surface area contributed by atoms with E-state index in [2.05, 4.69) is 24.1 Å². The molecule has 2 aromatic carbocycles. The Bertz CT molecular complexity index is 977. The number of methoxy groups -OCH3 is 2. The van der Waals surface area contributed by atoms with Crippen molar-refractivity contribution >= 4 is 17.7 Å². The van der Waals surface area contributed by atoms with Crippen LogP contribution in [0.2, 0.25) is 0 Å². The Morgan fingerprint density at radius 3 is 2.20 bits per heavy atom. The fourth-order valence-electron chi connectivity index (χ4n) is 3.12. The van der Waals surface area contributed by atoms with E-state index in [0.717, 1.165) is 10.5 Å². The summed E-state index contributed by atoms with van der Waals surface area (Å²) in [6, 6.07) is 12.7. The molecule has 7 heteroatoms. The van der Waals surface area contributed by atoms with Crippen LogP contribution in [0, 0.1) is 0 Å². The first kappa shape index (κ1) is 21.8. The van der Waals surface area contributed by atoms with Gasteiger partial charge in [-0.15, -0.1) is 11.8 Å². The van der Waals surface area contributed by atoms with E-state index in [9.17, 15) is 4.79 Å². The Kier molecular flexibility index (Phi) is 7.05. The number of benzene rings is 2. The summed E-state index contributed by atoms with van der Waals surface area (Å²) in [6.45, 7) is 4.29. The number of aromatic nitrogens is 2. The van der Waals surface area contributed by atoms with Gasteiger partial charge in [0.15, 0.2) is 0 Å². The maximum atomic E-state index is 13.1. The van der Waals surface area contributed by atoms with Gasteiger partial charge in [0, 0.05) is 41.2 Å². The first-order chi connectivity index (χ1) is 14.4. The molecule has 0 aliphatic heterocycles. The number of amides is 1. The monoisotopic (exact) mass is 425 g/mol. The first-order valence-corrected chi connectivity index (χ1v) is 10.6. The highest BCUT2D eigenvalue weighted by atomic mass is 32.2. The van der Waals surface area contributed by atoms with E-state index < -0.39 is 6.04 Å². The van der Waals surface area contributed by atoms with E-state index in [1.807, 2.05) is 54.2 Å². The molecule has 1 amide bonds. The van der Waals surface area contributed by atoms with Gasteiger partial charge in [0.2, 0.25) is 0 Å². The second kappa shape index (κ2) is 9.71. The third-order valence-corrected chi connectivity index (χ3v) is 5.60. The van der Waals surface area contributed by atoms with E-state index in [0.29, 0.717) is 28.1 Å². The minimum atomic E-state index is -0.466. The van der Waals surface area contributed by atoms with Crippen LogP contribution in [0.1, 0.15) is 41.6 Å². The van der Waals surface area contributed by atoms with Crippen molar-refractivity contribution in [3.05, 3.63) is 71.8 Å². The zero-order valence-corrected chi connectivity index (χ0v) is 18.7. The Morgan fingerprint density at radius 2 is 1.70 bits per heavy atom. The Hall–Kier alpha value is -2.93. The SMILES string of the molecule is COc1cc(OC)cc(C(NC(=O)c2ccc(SC(C)C)cc2)c2nccn2C)c1. The number of ether oxygens (including phenoxy) is 2. The second-order valence-corrected chi connectivity index (χ2v) is 8.79. The molecule has 0 radical (unpaired) electrons. The number of nitrogens with zero attached hydrogens (tertiary/aromatic N) is 2. The summed E-state index contributed by atoms with van der Waals surface area (Å²) >= 11 is 1.76. The number of aryl methyl sites for hydroxylation is 1. The number of hydrogen-bond donors (Lipinski definition) is 1. The van der Waals surface area contributed by atoms with Crippen molar-refractivity contribution in [2.45, 2.75) is 30.0 Å². The summed E-state index contributed by atoms with van der Waals surface area (Å²) in [6.07, 6.45) is 3.56. The standard InChI is InChI=1S/C23H27N3O3S/c1-15(2)30-20-8-6-16(7-9-20)23(27)25-21(22-24-10-11-26(22)3)17-12-18(28-4)14-19(13-17)29-5/h6-15,21H,1-5H3,(H,25,27). The van der Waals surface area contributed by atoms with Gasteiger partial charge >= 0.3 is 0 Å². The molecule has 1 heterocycles. The first-order valence-electron chi connectivity index (χ1n) is 9.69. The van der Waals surface area contributed by atoms with Gasteiger partial charge in [0.1, 0.15) is 23.4 Å². The van der Waals surface area contributed by atoms with Crippen LogP contribution < -0.4 is 14.8 Å². The number of rotatable bonds is 8. The van der Waals surface area contributed by atoms with Crippen LogP contribution in [-0.4, -0.2) is 34.9 Å². The van der Waals surface area contributed by atoms with Crippen molar-refractivity contribution in [1.29, 1.82) is 0 Å². The van der Waals surface area contributed by atoms with Gasteiger partial charge in [-0.1, -0.05) is 13.8 Å². The molecule has 0 saturated heterocycles. The lowest BCUT2D eigenvalue weighted by Gasteiger charge is -2.20. The molecule has 0 bridgehead atoms. The third kappa shape index (κ3) is 5.16. The van der Waals surface area contributed by atoms with Crippen LogP contribution in [0.15, 0.2) is 59.8 Å². The highest BCUT2D eigenvalue weighted by Crippen LogP contribution is 2.30. The normalized spacial score (nSPS) is 11.9. The van der Waals surface area contributed by atoms with Crippen LogP contribution in [0.3, 0.4) is 0 Å². The van der Waals surface area contributed by atoms with Crippen LogP contribution in [0.25, 0.3) is 0 Å². The predicted octanol–water partition coefficient (Wildman–Crippen LogP) is 4.46. The summed E-state index contributed by atoms with van der Waals surface area (Å²) in [5.41, 5.74) is 1.41.